The van der Waals surface area contributed by atoms with E-state index in [9.17, 15) is 8.42 Å². The van der Waals surface area contributed by atoms with Crippen molar-refractivity contribution in [3.8, 4) is 5.75 Å². The van der Waals surface area contributed by atoms with Crippen LogP contribution in [0.2, 0.25) is 0 Å². The van der Waals surface area contributed by atoms with E-state index < -0.39 is 10.1 Å². The highest BCUT2D eigenvalue weighted by atomic mass is 32.2. The summed E-state index contributed by atoms with van der Waals surface area (Å²) >= 11 is 0. The molecule has 0 saturated heterocycles. The normalized spacial score (nSPS) is 11.4. The lowest BCUT2D eigenvalue weighted by molar-refractivity contribution is 0.312. The van der Waals surface area contributed by atoms with Crippen LogP contribution in [0.3, 0.4) is 0 Å². The van der Waals surface area contributed by atoms with Gasteiger partial charge in [-0.05, 0) is 37.0 Å². The van der Waals surface area contributed by atoms with Crippen molar-refractivity contribution in [1.82, 2.24) is 0 Å². The molecule has 5 heteroatoms. The average molecular weight is 272 g/mol. The summed E-state index contributed by atoms with van der Waals surface area (Å²) in [6.45, 7) is 2.06. The Hall–Kier alpha value is -1.07. The highest BCUT2D eigenvalue weighted by molar-refractivity contribution is 7.86. The van der Waals surface area contributed by atoms with Crippen molar-refractivity contribution < 1.29 is 17.3 Å². The van der Waals surface area contributed by atoms with E-state index in [1.54, 1.807) is 7.11 Å². The van der Waals surface area contributed by atoms with Gasteiger partial charge in [-0.15, -0.1) is 0 Å². The minimum Gasteiger partial charge on any atom is -0.497 e. The van der Waals surface area contributed by atoms with E-state index in [0.29, 0.717) is 12.8 Å². The number of aryl methyl sites for hydroxylation is 1. The predicted molar refractivity (Wildman–Crippen MR) is 71.3 cm³/mol. The second-order valence-electron chi connectivity index (χ2n) is 4.04. The lowest BCUT2D eigenvalue weighted by Crippen LogP contribution is -2.11. The number of benzene rings is 1. The van der Waals surface area contributed by atoms with E-state index in [1.807, 2.05) is 31.2 Å². The molecule has 102 valence electrons. The minimum atomic E-state index is -3.32. The molecule has 4 nitrogen and oxygen atoms in total. The summed E-state index contributed by atoms with van der Waals surface area (Å²) in [5.41, 5.74) is 1.15. The first-order chi connectivity index (χ1) is 8.57. The Morgan fingerprint density at radius 2 is 1.83 bits per heavy atom. The summed E-state index contributed by atoms with van der Waals surface area (Å²) in [5, 5.41) is 0. The van der Waals surface area contributed by atoms with Crippen LogP contribution in [0.5, 0.6) is 5.75 Å². The second kappa shape index (κ2) is 7.38. The van der Waals surface area contributed by atoms with Crippen molar-refractivity contribution in [2.75, 3.05) is 19.5 Å². The number of hydrogen-bond acceptors (Lipinski definition) is 4. The zero-order valence-corrected chi connectivity index (χ0v) is 11.7. The van der Waals surface area contributed by atoms with Gasteiger partial charge in [-0.2, -0.15) is 8.42 Å². The van der Waals surface area contributed by atoms with E-state index in [1.165, 1.54) is 0 Å². The topological polar surface area (TPSA) is 52.6 Å². The van der Waals surface area contributed by atoms with Gasteiger partial charge in [-0.3, -0.25) is 4.18 Å². The third-order valence-corrected chi connectivity index (χ3v) is 3.92. The van der Waals surface area contributed by atoms with Crippen molar-refractivity contribution in [1.29, 1.82) is 0 Å². The molecule has 1 aromatic rings. The van der Waals surface area contributed by atoms with Crippen molar-refractivity contribution in [2.24, 2.45) is 0 Å². The number of ether oxygens (including phenoxy) is 1. The van der Waals surface area contributed by atoms with Crippen LogP contribution in [0.1, 0.15) is 25.3 Å². The van der Waals surface area contributed by atoms with Crippen LogP contribution in [0.25, 0.3) is 0 Å². The Morgan fingerprint density at radius 3 is 2.39 bits per heavy atom. The Labute approximate surface area is 109 Å². The first kappa shape index (κ1) is 15.0. The molecule has 0 spiro atoms. The Balaban J connectivity index is 2.29. The van der Waals surface area contributed by atoms with Gasteiger partial charge in [0.15, 0.2) is 0 Å². The summed E-state index contributed by atoms with van der Waals surface area (Å²) < 4.78 is 32.5. The van der Waals surface area contributed by atoms with E-state index in [4.69, 9.17) is 8.92 Å². The maximum absolute atomic E-state index is 11.3. The molecule has 0 heterocycles. The lowest BCUT2D eigenvalue weighted by Gasteiger charge is -2.05. The zero-order valence-electron chi connectivity index (χ0n) is 10.9. The van der Waals surface area contributed by atoms with Crippen LogP contribution < -0.4 is 4.74 Å². The fourth-order valence-electron chi connectivity index (χ4n) is 1.56. The molecule has 1 rings (SSSR count). The Kier molecular flexibility index (Phi) is 6.15. The fraction of sp³-hybridized carbons (Fsp3) is 0.538. The highest BCUT2D eigenvalue weighted by Gasteiger charge is 2.08. The maximum Gasteiger partial charge on any atom is 0.267 e. The molecule has 1 aromatic carbocycles. The smallest absolute Gasteiger partial charge is 0.267 e. The van der Waals surface area contributed by atoms with E-state index in [0.717, 1.165) is 17.7 Å². The van der Waals surface area contributed by atoms with Crippen LogP contribution in [-0.2, 0) is 20.7 Å². The van der Waals surface area contributed by atoms with Gasteiger partial charge in [0, 0.05) is 0 Å². The monoisotopic (exact) mass is 272 g/mol. The fourth-order valence-corrected chi connectivity index (χ4v) is 2.55. The van der Waals surface area contributed by atoms with Crippen LogP contribution in [0.15, 0.2) is 24.3 Å². The van der Waals surface area contributed by atoms with Crippen LogP contribution >= 0.6 is 0 Å². The van der Waals surface area contributed by atoms with E-state index in [2.05, 4.69) is 0 Å². The summed E-state index contributed by atoms with van der Waals surface area (Å²) in [7, 11) is -1.69. The lowest BCUT2D eigenvalue weighted by atomic mass is 10.1. The summed E-state index contributed by atoms with van der Waals surface area (Å²) in [4.78, 5) is 0. The average Bonchev–Trinajstić information content (AvgIpc) is 2.35. The molecule has 0 saturated carbocycles. The largest absolute Gasteiger partial charge is 0.497 e. The van der Waals surface area contributed by atoms with E-state index in [-0.39, 0.29) is 12.4 Å². The molecule has 0 unspecified atom stereocenters. The standard InChI is InChI=1S/C13H20O4S/c1-3-11-18(14,15)17-10-4-5-12-6-8-13(16-2)9-7-12/h6-9H,3-5,10-11H2,1-2H3. The number of hydrogen-bond donors (Lipinski definition) is 0. The first-order valence-electron chi connectivity index (χ1n) is 6.07. The third-order valence-electron chi connectivity index (χ3n) is 2.49. The third kappa shape index (κ3) is 5.51. The second-order valence-corrected chi connectivity index (χ2v) is 5.79. The molecular formula is C13H20O4S. The number of methoxy groups -OCH3 is 1. The van der Waals surface area contributed by atoms with Gasteiger partial charge in [0.25, 0.3) is 10.1 Å². The van der Waals surface area contributed by atoms with Crippen molar-refractivity contribution in [3.63, 3.8) is 0 Å². The van der Waals surface area contributed by atoms with Crippen LogP contribution in [0.4, 0.5) is 0 Å². The molecular weight excluding hydrogens is 252 g/mol. The SMILES string of the molecule is CCCS(=O)(=O)OCCCc1ccc(OC)cc1. The van der Waals surface area contributed by atoms with Crippen molar-refractivity contribution in [2.45, 2.75) is 26.2 Å². The minimum absolute atomic E-state index is 0.0928. The van der Waals surface area contributed by atoms with Gasteiger partial charge in [-0.1, -0.05) is 19.1 Å². The van der Waals surface area contributed by atoms with Crippen LogP contribution in [0, 0.1) is 0 Å². The zero-order chi connectivity index (χ0) is 13.4. The van der Waals surface area contributed by atoms with Gasteiger partial charge in [0.1, 0.15) is 5.75 Å². The Bertz CT molecular complexity index is 437. The van der Waals surface area contributed by atoms with Crippen molar-refractivity contribution >= 4 is 10.1 Å². The quantitative estimate of drug-likeness (QED) is 0.538. The number of rotatable bonds is 8. The van der Waals surface area contributed by atoms with Gasteiger partial charge < -0.3 is 4.74 Å². The summed E-state index contributed by atoms with van der Waals surface area (Å²) in [5.74, 6) is 0.913. The summed E-state index contributed by atoms with van der Waals surface area (Å²) in [6, 6.07) is 7.73. The molecule has 0 amide bonds. The highest BCUT2D eigenvalue weighted by Crippen LogP contribution is 2.12. The molecule has 0 fully saturated rings. The molecule has 0 aliphatic heterocycles. The molecule has 0 N–H and O–H groups in total. The van der Waals surface area contributed by atoms with Crippen molar-refractivity contribution in [3.05, 3.63) is 29.8 Å². The summed E-state index contributed by atoms with van der Waals surface area (Å²) in [6.07, 6.45) is 2.07. The van der Waals surface area contributed by atoms with Gasteiger partial charge in [0.2, 0.25) is 0 Å². The molecule has 0 atom stereocenters. The molecule has 0 aliphatic carbocycles. The van der Waals surface area contributed by atoms with Crippen LogP contribution in [-0.4, -0.2) is 27.9 Å². The van der Waals surface area contributed by atoms with Gasteiger partial charge >= 0.3 is 0 Å². The molecule has 0 bridgehead atoms. The van der Waals surface area contributed by atoms with Gasteiger partial charge in [0.05, 0.1) is 19.5 Å². The van der Waals surface area contributed by atoms with E-state index >= 15 is 0 Å². The Morgan fingerprint density at radius 1 is 1.17 bits per heavy atom. The molecule has 18 heavy (non-hydrogen) atoms. The molecule has 0 aromatic heterocycles. The van der Waals surface area contributed by atoms with Gasteiger partial charge in [-0.25, -0.2) is 0 Å². The first-order valence-corrected chi connectivity index (χ1v) is 7.65. The maximum atomic E-state index is 11.3. The molecule has 0 radical (unpaired) electrons. The molecule has 0 aliphatic rings. The predicted octanol–water partition coefficient (Wildman–Crippen LogP) is 2.38.